The SMILES string of the molecule is Clc1ccccc1-n1c(SCc2nc(-c3cccs3)no2)nnc1N1CCCC1. The molecule has 4 aromatic rings. The molecule has 0 saturated carbocycles. The lowest BCUT2D eigenvalue weighted by molar-refractivity contribution is 0.391. The molecule has 0 amide bonds. The van der Waals surface area contributed by atoms with E-state index in [9.17, 15) is 0 Å². The van der Waals surface area contributed by atoms with Crippen molar-refractivity contribution in [2.24, 2.45) is 0 Å². The average Bonchev–Trinajstić information content (AvgIpc) is 3.54. The van der Waals surface area contributed by atoms with E-state index in [1.807, 2.05) is 46.3 Å². The average molecular weight is 445 g/mol. The van der Waals surface area contributed by atoms with Crippen molar-refractivity contribution in [3.8, 4) is 16.4 Å². The highest BCUT2D eigenvalue weighted by molar-refractivity contribution is 7.98. The normalized spacial score (nSPS) is 14.0. The molecule has 0 N–H and O–H groups in total. The Balaban J connectivity index is 1.43. The van der Waals surface area contributed by atoms with Crippen LogP contribution in [-0.4, -0.2) is 38.0 Å². The number of benzene rings is 1. The summed E-state index contributed by atoms with van der Waals surface area (Å²) in [5, 5.41) is 16.4. The van der Waals surface area contributed by atoms with Gasteiger partial charge < -0.3 is 9.42 Å². The Morgan fingerprint density at radius 1 is 1.10 bits per heavy atom. The van der Waals surface area contributed by atoms with Crippen LogP contribution in [-0.2, 0) is 5.75 Å². The first kappa shape index (κ1) is 18.7. The van der Waals surface area contributed by atoms with Crippen LogP contribution in [0.1, 0.15) is 18.7 Å². The monoisotopic (exact) mass is 444 g/mol. The molecule has 1 saturated heterocycles. The lowest BCUT2D eigenvalue weighted by Crippen LogP contribution is -2.22. The molecule has 7 nitrogen and oxygen atoms in total. The van der Waals surface area contributed by atoms with Crippen LogP contribution < -0.4 is 4.90 Å². The Morgan fingerprint density at radius 2 is 1.97 bits per heavy atom. The smallest absolute Gasteiger partial charge is 0.237 e. The third-order valence-corrected chi connectivity index (χ3v) is 6.73. The minimum Gasteiger partial charge on any atom is -0.341 e. The van der Waals surface area contributed by atoms with Crippen LogP contribution in [0.25, 0.3) is 16.4 Å². The minimum atomic E-state index is 0.501. The van der Waals surface area contributed by atoms with E-state index in [0.29, 0.717) is 22.5 Å². The van der Waals surface area contributed by atoms with Crippen molar-refractivity contribution >= 4 is 40.6 Å². The van der Waals surface area contributed by atoms with Gasteiger partial charge in [0.15, 0.2) is 5.16 Å². The first-order chi connectivity index (χ1) is 14.3. The molecule has 0 bridgehead atoms. The lowest BCUT2D eigenvalue weighted by Gasteiger charge is -2.18. The summed E-state index contributed by atoms with van der Waals surface area (Å²) in [7, 11) is 0. The third kappa shape index (κ3) is 3.77. The van der Waals surface area contributed by atoms with Gasteiger partial charge in [0.25, 0.3) is 0 Å². The number of nitrogens with zero attached hydrogens (tertiary/aromatic N) is 6. The van der Waals surface area contributed by atoms with E-state index in [-0.39, 0.29) is 0 Å². The van der Waals surface area contributed by atoms with Crippen LogP contribution in [0, 0.1) is 0 Å². The van der Waals surface area contributed by atoms with E-state index in [1.165, 1.54) is 11.8 Å². The van der Waals surface area contributed by atoms with Gasteiger partial charge in [-0.3, -0.25) is 4.57 Å². The Labute approximate surface area is 180 Å². The number of anilines is 1. The van der Waals surface area contributed by atoms with Gasteiger partial charge in [-0.05, 0) is 36.4 Å². The minimum absolute atomic E-state index is 0.501. The van der Waals surface area contributed by atoms with Gasteiger partial charge in [0.2, 0.25) is 17.7 Å². The number of aromatic nitrogens is 5. The molecule has 0 unspecified atom stereocenters. The van der Waals surface area contributed by atoms with Gasteiger partial charge >= 0.3 is 0 Å². The van der Waals surface area contributed by atoms with Crippen molar-refractivity contribution in [3.63, 3.8) is 0 Å². The van der Waals surface area contributed by atoms with E-state index >= 15 is 0 Å². The van der Waals surface area contributed by atoms with Crippen LogP contribution in [0.5, 0.6) is 0 Å². The number of hydrogen-bond acceptors (Lipinski definition) is 8. The van der Waals surface area contributed by atoms with Crippen LogP contribution in [0.4, 0.5) is 5.95 Å². The quantitative estimate of drug-likeness (QED) is 0.390. The zero-order valence-corrected chi connectivity index (χ0v) is 17.8. The molecule has 10 heteroatoms. The standard InChI is InChI=1S/C19H17ClN6OS2/c20-13-6-1-2-7-14(13)26-18(25-9-3-4-10-25)22-23-19(26)29-12-16-21-17(24-27-16)15-8-5-11-28-15/h1-2,5-8,11H,3-4,9-10,12H2. The van der Waals surface area contributed by atoms with Crippen molar-refractivity contribution < 1.29 is 4.52 Å². The van der Waals surface area contributed by atoms with E-state index in [2.05, 4.69) is 25.2 Å². The van der Waals surface area contributed by atoms with E-state index < -0.39 is 0 Å². The molecule has 29 heavy (non-hydrogen) atoms. The Bertz CT molecular complexity index is 1100. The number of thiophene rings is 1. The molecule has 5 rings (SSSR count). The maximum absolute atomic E-state index is 6.50. The first-order valence-corrected chi connectivity index (χ1v) is 11.5. The zero-order chi connectivity index (χ0) is 19.6. The van der Waals surface area contributed by atoms with Gasteiger partial charge in [-0.2, -0.15) is 4.98 Å². The maximum atomic E-state index is 6.50. The summed E-state index contributed by atoms with van der Waals surface area (Å²) in [5.41, 5.74) is 0.869. The highest BCUT2D eigenvalue weighted by atomic mass is 35.5. The molecule has 1 fully saturated rings. The molecule has 1 aliphatic heterocycles. The highest BCUT2D eigenvalue weighted by Crippen LogP contribution is 2.33. The molecule has 4 heterocycles. The molecule has 0 spiro atoms. The molecule has 1 aliphatic rings. The van der Waals surface area contributed by atoms with Crippen LogP contribution in [0.2, 0.25) is 5.02 Å². The largest absolute Gasteiger partial charge is 0.341 e. The van der Waals surface area contributed by atoms with Gasteiger partial charge in [-0.15, -0.1) is 21.5 Å². The van der Waals surface area contributed by atoms with Gasteiger partial charge in [0.05, 0.1) is 21.3 Å². The molecule has 0 aliphatic carbocycles. The summed E-state index contributed by atoms with van der Waals surface area (Å²) in [4.78, 5) is 7.73. The van der Waals surface area contributed by atoms with Gasteiger partial charge in [0.1, 0.15) is 0 Å². The second kappa shape index (κ2) is 8.17. The zero-order valence-electron chi connectivity index (χ0n) is 15.4. The van der Waals surface area contributed by atoms with Crippen LogP contribution in [0.15, 0.2) is 51.5 Å². The Morgan fingerprint density at radius 3 is 2.76 bits per heavy atom. The number of halogens is 1. The van der Waals surface area contributed by atoms with Crippen LogP contribution in [0.3, 0.4) is 0 Å². The second-order valence-electron chi connectivity index (χ2n) is 6.54. The summed E-state index contributed by atoms with van der Waals surface area (Å²) in [6.07, 6.45) is 2.32. The van der Waals surface area contributed by atoms with Gasteiger partial charge in [0, 0.05) is 13.1 Å². The topological polar surface area (TPSA) is 72.9 Å². The molecular formula is C19H17ClN6OS2. The predicted octanol–water partition coefficient (Wildman–Crippen LogP) is 4.92. The third-order valence-electron chi connectivity index (χ3n) is 4.63. The Kier molecular flexibility index (Phi) is 5.26. The Hall–Kier alpha value is -2.36. The van der Waals surface area contributed by atoms with E-state index in [1.54, 1.807) is 11.3 Å². The summed E-state index contributed by atoms with van der Waals surface area (Å²) >= 11 is 9.59. The predicted molar refractivity (Wildman–Crippen MR) is 115 cm³/mol. The molecule has 0 atom stereocenters. The molecule has 0 radical (unpaired) electrons. The van der Waals surface area contributed by atoms with Crippen molar-refractivity contribution in [2.75, 3.05) is 18.0 Å². The summed E-state index contributed by atoms with van der Waals surface area (Å²) in [6.45, 7) is 1.95. The number of thioether (sulfide) groups is 1. The van der Waals surface area contributed by atoms with Crippen LogP contribution >= 0.6 is 34.7 Å². The molecule has 3 aromatic heterocycles. The number of rotatable bonds is 6. The van der Waals surface area contributed by atoms with Crippen molar-refractivity contribution in [1.82, 2.24) is 24.9 Å². The van der Waals surface area contributed by atoms with E-state index in [4.69, 9.17) is 16.1 Å². The van der Waals surface area contributed by atoms with E-state index in [0.717, 1.165) is 47.6 Å². The van der Waals surface area contributed by atoms with Crippen molar-refractivity contribution in [3.05, 3.63) is 52.7 Å². The second-order valence-corrected chi connectivity index (χ2v) is 8.84. The van der Waals surface area contributed by atoms with Crippen molar-refractivity contribution in [1.29, 1.82) is 0 Å². The lowest BCUT2D eigenvalue weighted by atomic mass is 10.3. The summed E-state index contributed by atoms with van der Waals surface area (Å²) < 4.78 is 7.44. The summed E-state index contributed by atoms with van der Waals surface area (Å²) in [5.74, 6) is 2.49. The molecular weight excluding hydrogens is 428 g/mol. The first-order valence-electron chi connectivity index (χ1n) is 9.24. The van der Waals surface area contributed by atoms with Crippen molar-refractivity contribution in [2.45, 2.75) is 23.8 Å². The fraction of sp³-hybridized carbons (Fsp3) is 0.263. The van der Waals surface area contributed by atoms with Gasteiger partial charge in [-0.1, -0.05) is 46.7 Å². The number of para-hydroxylation sites is 1. The molecule has 1 aromatic carbocycles. The number of hydrogen-bond donors (Lipinski definition) is 0. The van der Waals surface area contributed by atoms with Gasteiger partial charge in [-0.25, -0.2) is 0 Å². The fourth-order valence-electron chi connectivity index (χ4n) is 3.27. The highest BCUT2D eigenvalue weighted by Gasteiger charge is 2.24. The maximum Gasteiger partial charge on any atom is 0.237 e. The molecule has 148 valence electrons. The summed E-state index contributed by atoms with van der Waals surface area (Å²) in [6, 6.07) is 11.7. The fourth-order valence-corrected chi connectivity index (χ4v) is 4.91.